The van der Waals surface area contributed by atoms with Gasteiger partial charge in [-0.05, 0) is 48.3 Å². The zero-order valence-corrected chi connectivity index (χ0v) is 13.8. The molecule has 0 spiro atoms. The molecular weight excluding hydrogens is 322 g/mol. The van der Waals surface area contributed by atoms with E-state index in [0.29, 0.717) is 0 Å². The van der Waals surface area contributed by atoms with Crippen LogP contribution in [0.5, 0.6) is 0 Å². The highest BCUT2D eigenvalue weighted by Gasteiger charge is 2.13. The number of benzene rings is 1. The molecule has 0 saturated carbocycles. The lowest BCUT2D eigenvalue weighted by Crippen LogP contribution is -2.02. The standard InChI is InChI=1S/C14H18BrN3S/c1-4-18-11(13(15)10(3)17-18)8-19-12-7-5-6-9(2)14(12)16/h5-7H,4,8,16H2,1-3H3. The van der Waals surface area contributed by atoms with Crippen LogP contribution in [0, 0.1) is 13.8 Å². The average molecular weight is 340 g/mol. The van der Waals surface area contributed by atoms with Crippen LogP contribution in [0.15, 0.2) is 27.6 Å². The number of aryl methyl sites for hydroxylation is 3. The normalized spacial score (nSPS) is 10.9. The number of aromatic nitrogens is 2. The number of thioether (sulfide) groups is 1. The van der Waals surface area contributed by atoms with Crippen molar-refractivity contribution in [3.63, 3.8) is 0 Å². The molecule has 0 radical (unpaired) electrons. The Balaban J connectivity index is 2.21. The molecule has 0 bridgehead atoms. The second-order valence-electron chi connectivity index (χ2n) is 4.44. The van der Waals surface area contributed by atoms with E-state index in [0.717, 1.165) is 38.6 Å². The maximum absolute atomic E-state index is 6.11. The molecule has 0 aliphatic rings. The van der Waals surface area contributed by atoms with Gasteiger partial charge in [0.05, 0.1) is 15.9 Å². The van der Waals surface area contributed by atoms with E-state index in [1.165, 1.54) is 5.69 Å². The van der Waals surface area contributed by atoms with Crippen LogP contribution in [-0.2, 0) is 12.3 Å². The second-order valence-corrected chi connectivity index (χ2v) is 6.25. The van der Waals surface area contributed by atoms with Gasteiger partial charge < -0.3 is 5.73 Å². The quantitative estimate of drug-likeness (QED) is 0.671. The lowest BCUT2D eigenvalue weighted by Gasteiger charge is -2.09. The highest BCUT2D eigenvalue weighted by molar-refractivity contribution is 9.10. The Labute approximate surface area is 126 Å². The molecule has 0 aliphatic carbocycles. The van der Waals surface area contributed by atoms with Crippen LogP contribution in [-0.4, -0.2) is 9.78 Å². The summed E-state index contributed by atoms with van der Waals surface area (Å²) in [7, 11) is 0. The van der Waals surface area contributed by atoms with Gasteiger partial charge in [0.2, 0.25) is 0 Å². The number of rotatable bonds is 4. The van der Waals surface area contributed by atoms with Gasteiger partial charge in [0.25, 0.3) is 0 Å². The summed E-state index contributed by atoms with van der Waals surface area (Å²) >= 11 is 5.38. The van der Waals surface area contributed by atoms with Crippen LogP contribution < -0.4 is 5.73 Å². The first-order valence-electron chi connectivity index (χ1n) is 6.24. The number of nitrogens with zero attached hydrogens (tertiary/aromatic N) is 2. The topological polar surface area (TPSA) is 43.8 Å². The summed E-state index contributed by atoms with van der Waals surface area (Å²) in [6, 6.07) is 6.15. The van der Waals surface area contributed by atoms with Gasteiger partial charge in [0, 0.05) is 22.9 Å². The lowest BCUT2D eigenvalue weighted by molar-refractivity contribution is 0.631. The third kappa shape index (κ3) is 2.98. The zero-order valence-electron chi connectivity index (χ0n) is 11.4. The van der Waals surface area contributed by atoms with Crippen LogP contribution in [0.3, 0.4) is 0 Å². The Morgan fingerprint density at radius 1 is 1.37 bits per heavy atom. The highest BCUT2D eigenvalue weighted by Crippen LogP contribution is 2.32. The summed E-state index contributed by atoms with van der Waals surface area (Å²) in [5, 5.41) is 4.51. The fourth-order valence-corrected chi connectivity index (χ4v) is 3.62. The van der Waals surface area contributed by atoms with Crippen molar-refractivity contribution in [1.82, 2.24) is 9.78 Å². The molecule has 1 heterocycles. The third-order valence-corrected chi connectivity index (χ3v) is 5.22. The van der Waals surface area contributed by atoms with E-state index < -0.39 is 0 Å². The summed E-state index contributed by atoms with van der Waals surface area (Å²) in [6.07, 6.45) is 0. The second kappa shape index (κ2) is 6.01. The van der Waals surface area contributed by atoms with Crippen molar-refractivity contribution in [3.8, 4) is 0 Å². The average Bonchev–Trinajstić information content (AvgIpc) is 2.67. The van der Waals surface area contributed by atoms with Gasteiger partial charge in [-0.1, -0.05) is 12.1 Å². The van der Waals surface area contributed by atoms with E-state index in [-0.39, 0.29) is 0 Å². The van der Waals surface area contributed by atoms with E-state index >= 15 is 0 Å². The fraction of sp³-hybridized carbons (Fsp3) is 0.357. The molecule has 0 amide bonds. The number of nitrogen functional groups attached to an aromatic ring is 1. The molecular formula is C14H18BrN3S. The van der Waals surface area contributed by atoms with Gasteiger partial charge in [-0.15, -0.1) is 11.8 Å². The molecule has 2 aromatic rings. The smallest absolute Gasteiger partial charge is 0.0739 e. The molecule has 0 aliphatic heterocycles. The first-order chi connectivity index (χ1) is 9.04. The van der Waals surface area contributed by atoms with Crippen LogP contribution in [0.4, 0.5) is 5.69 Å². The van der Waals surface area contributed by atoms with Crippen LogP contribution in [0.25, 0.3) is 0 Å². The molecule has 0 fully saturated rings. The maximum Gasteiger partial charge on any atom is 0.0739 e. The molecule has 1 aromatic carbocycles. The monoisotopic (exact) mass is 339 g/mol. The van der Waals surface area contributed by atoms with Gasteiger partial charge in [0.15, 0.2) is 0 Å². The van der Waals surface area contributed by atoms with Gasteiger partial charge in [-0.3, -0.25) is 4.68 Å². The molecule has 2 rings (SSSR count). The van der Waals surface area contributed by atoms with Crippen molar-refractivity contribution in [1.29, 1.82) is 0 Å². The van der Waals surface area contributed by atoms with Crippen molar-refractivity contribution in [3.05, 3.63) is 39.6 Å². The first-order valence-corrected chi connectivity index (χ1v) is 8.02. The Morgan fingerprint density at radius 2 is 2.11 bits per heavy atom. The highest BCUT2D eigenvalue weighted by atomic mass is 79.9. The molecule has 19 heavy (non-hydrogen) atoms. The van der Waals surface area contributed by atoms with E-state index in [9.17, 15) is 0 Å². The molecule has 5 heteroatoms. The van der Waals surface area contributed by atoms with Crippen molar-refractivity contribution in [2.45, 2.75) is 38.0 Å². The summed E-state index contributed by atoms with van der Waals surface area (Å²) in [5.74, 6) is 0.864. The minimum absolute atomic E-state index is 0.864. The maximum atomic E-state index is 6.11. The molecule has 2 N–H and O–H groups in total. The number of anilines is 1. The molecule has 0 unspecified atom stereocenters. The summed E-state index contributed by atoms with van der Waals surface area (Å²) in [6.45, 7) is 7.04. The summed E-state index contributed by atoms with van der Waals surface area (Å²) in [4.78, 5) is 1.13. The number of hydrogen-bond acceptors (Lipinski definition) is 3. The van der Waals surface area contributed by atoms with Gasteiger partial charge in [-0.2, -0.15) is 5.10 Å². The van der Waals surface area contributed by atoms with Crippen molar-refractivity contribution < 1.29 is 0 Å². The predicted molar refractivity (Wildman–Crippen MR) is 85.5 cm³/mol. The van der Waals surface area contributed by atoms with Crippen LogP contribution in [0.1, 0.15) is 23.9 Å². The molecule has 0 atom stereocenters. The number of hydrogen-bond donors (Lipinski definition) is 1. The lowest BCUT2D eigenvalue weighted by atomic mass is 10.2. The van der Waals surface area contributed by atoms with Crippen molar-refractivity contribution >= 4 is 33.4 Å². The zero-order chi connectivity index (χ0) is 14.0. The minimum atomic E-state index is 0.864. The number of halogens is 1. The third-order valence-electron chi connectivity index (χ3n) is 3.10. The number of para-hydroxylation sites is 1. The van der Waals surface area contributed by atoms with E-state index in [1.807, 2.05) is 30.7 Å². The summed E-state index contributed by atoms with van der Waals surface area (Å²) in [5.41, 5.74) is 10.4. The van der Waals surface area contributed by atoms with E-state index in [1.54, 1.807) is 11.8 Å². The Bertz CT molecular complexity index is 593. The van der Waals surface area contributed by atoms with Gasteiger partial charge in [-0.25, -0.2) is 0 Å². The largest absolute Gasteiger partial charge is 0.398 e. The van der Waals surface area contributed by atoms with E-state index in [2.05, 4.69) is 34.0 Å². The molecule has 0 saturated heterocycles. The molecule has 1 aromatic heterocycles. The van der Waals surface area contributed by atoms with Crippen LogP contribution >= 0.6 is 27.7 Å². The molecule has 102 valence electrons. The number of nitrogens with two attached hydrogens (primary N) is 1. The van der Waals surface area contributed by atoms with Crippen LogP contribution in [0.2, 0.25) is 0 Å². The first kappa shape index (κ1) is 14.5. The SMILES string of the molecule is CCn1nc(C)c(Br)c1CSc1cccc(C)c1N. The molecule has 3 nitrogen and oxygen atoms in total. The van der Waals surface area contributed by atoms with Gasteiger partial charge >= 0.3 is 0 Å². The van der Waals surface area contributed by atoms with Gasteiger partial charge in [0.1, 0.15) is 0 Å². The van der Waals surface area contributed by atoms with Crippen molar-refractivity contribution in [2.75, 3.05) is 5.73 Å². The fourth-order valence-electron chi connectivity index (χ4n) is 1.93. The van der Waals surface area contributed by atoms with E-state index in [4.69, 9.17) is 5.73 Å². The minimum Gasteiger partial charge on any atom is -0.398 e. The Morgan fingerprint density at radius 3 is 2.79 bits per heavy atom. The Kier molecular flexibility index (Phi) is 4.58. The Hall–Kier alpha value is -0.940. The van der Waals surface area contributed by atoms with Crippen molar-refractivity contribution in [2.24, 2.45) is 0 Å². The summed E-state index contributed by atoms with van der Waals surface area (Å²) < 4.78 is 3.14. The predicted octanol–water partition coefficient (Wildman–Crippen LogP) is 4.16.